The summed E-state index contributed by atoms with van der Waals surface area (Å²) in [4.78, 5) is 73.0. The number of carboxylic acids is 1. The van der Waals surface area contributed by atoms with Crippen molar-refractivity contribution in [2.75, 3.05) is 19.6 Å². The lowest BCUT2D eigenvalue weighted by molar-refractivity contribution is -0.142. The zero-order valence-corrected chi connectivity index (χ0v) is 24.6. The third kappa shape index (κ3) is 16.1. The Hall–Kier alpha value is -4.25. The molecule has 0 bridgehead atoms. The Morgan fingerprint density at radius 3 is 2.14 bits per heavy atom. The first kappa shape index (κ1) is 36.8. The Kier molecular flexibility index (Phi) is 17.6. The monoisotopic (exact) mass is 609 g/mol. The number of hydrogen-bond acceptors (Lipinski definition) is 9. The number of carbonyl (C=O) groups is 5. The fraction of sp³-hybridized carbons (Fsp3) is 0.654. The van der Waals surface area contributed by atoms with E-state index in [1.54, 1.807) is 0 Å². The molecule has 1 aromatic rings. The van der Waals surface area contributed by atoms with E-state index in [-0.39, 0.29) is 44.1 Å². The van der Waals surface area contributed by atoms with E-state index in [2.05, 4.69) is 36.2 Å². The molecule has 4 amide bonds. The lowest BCUT2D eigenvalue weighted by Gasteiger charge is -2.25. The summed E-state index contributed by atoms with van der Waals surface area (Å²) in [6.07, 6.45) is 5.99. The van der Waals surface area contributed by atoms with Crippen LogP contribution < -0.4 is 44.2 Å². The average Bonchev–Trinajstić information content (AvgIpc) is 3.46. The van der Waals surface area contributed by atoms with Crippen molar-refractivity contribution in [2.45, 2.75) is 88.9 Å². The van der Waals surface area contributed by atoms with E-state index in [0.717, 1.165) is 0 Å². The van der Waals surface area contributed by atoms with Gasteiger partial charge in [-0.1, -0.05) is 0 Å². The number of imidazole rings is 1. The van der Waals surface area contributed by atoms with Crippen LogP contribution in [0, 0.1) is 0 Å². The van der Waals surface area contributed by atoms with E-state index in [0.29, 0.717) is 50.9 Å². The molecule has 0 fully saturated rings. The molecular formula is C26H47N11O6. The molecule has 0 unspecified atom stereocenters. The summed E-state index contributed by atoms with van der Waals surface area (Å²) in [5.74, 6) is -3.41. The minimum atomic E-state index is -1.22. The van der Waals surface area contributed by atoms with Crippen LogP contribution in [0.3, 0.4) is 0 Å². The minimum absolute atomic E-state index is 0.0292. The van der Waals surface area contributed by atoms with E-state index >= 15 is 0 Å². The number of aliphatic imine (C=N–C) groups is 1. The first-order valence-electron chi connectivity index (χ1n) is 14.3. The normalized spacial score (nSPS) is 13.6. The lowest BCUT2D eigenvalue weighted by atomic mass is 10.0. The van der Waals surface area contributed by atoms with Gasteiger partial charge in [0.2, 0.25) is 23.6 Å². The van der Waals surface area contributed by atoms with Gasteiger partial charge in [-0.3, -0.25) is 24.2 Å². The Bertz CT molecular complexity index is 1050. The molecule has 0 aliphatic carbocycles. The van der Waals surface area contributed by atoms with E-state index in [9.17, 15) is 29.1 Å². The fourth-order valence-electron chi connectivity index (χ4n) is 4.06. The molecule has 242 valence electrons. The summed E-state index contributed by atoms with van der Waals surface area (Å²) in [5.41, 5.74) is 22.8. The maximum atomic E-state index is 13.4. The van der Waals surface area contributed by atoms with Gasteiger partial charge in [-0.15, -0.1) is 0 Å². The van der Waals surface area contributed by atoms with E-state index in [4.69, 9.17) is 22.9 Å². The van der Waals surface area contributed by atoms with E-state index in [1.807, 2.05) is 0 Å². The molecule has 0 saturated carbocycles. The van der Waals surface area contributed by atoms with Gasteiger partial charge >= 0.3 is 5.97 Å². The van der Waals surface area contributed by atoms with Crippen LogP contribution in [0.5, 0.6) is 0 Å². The Morgan fingerprint density at radius 2 is 1.53 bits per heavy atom. The van der Waals surface area contributed by atoms with Crippen molar-refractivity contribution in [3.05, 3.63) is 18.2 Å². The van der Waals surface area contributed by atoms with Crippen molar-refractivity contribution in [1.82, 2.24) is 31.2 Å². The van der Waals surface area contributed by atoms with Crippen molar-refractivity contribution in [2.24, 2.45) is 27.9 Å². The number of aliphatic carboxylic acids is 1. The molecule has 0 radical (unpaired) electrons. The second kappa shape index (κ2) is 20.6. The molecule has 17 heteroatoms. The van der Waals surface area contributed by atoms with Crippen molar-refractivity contribution in [1.29, 1.82) is 0 Å². The number of H-pyrrole nitrogens is 1. The second-order valence-corrected chi connectivity index (χ2v) is 10.1. The van der Waals surface area contributed by atoms with Gasteiger partial charge in [0.05, 0.1) is 12.4 Å². The van der Waals surface area contributed by atoms with E-state index in [1.165, 1.54) is 19.4 Å². The molecule has 0 aromatic carbocycles. The van der Waals surface area contributed by atoms with Gasteiger partial charge in [0.25, 0.3) is 0 Å². The van der Waals surface area contributed by atoms with E-state index < -0.39 is 47.9 Å². The van der Waals surface area contributed by atoms with Crippen LogP contribution >= 0.6 is 0 Å². The van der Waals surface area contributed by atoms with Crippen LogP contribution in [0.2, 0.25) is 0 Å². The maximum absolute atomic E-state index is 13.4. The molecule has 1 heterocycles. The zero-order valence-electron chi connectivity index (χ0n) is 24.6. The highest BCUT2D eigenvalue weighted by Crippen LogP contribution is 2.08. The van der Waals surface area contributed by atoms with Crippen LogP contribution in [0.1, 0.15) is 64.0 Å². The predicted octanol–water partition coefficient (Wildman–Crippen LogP) is -2.69. The van der Waals surface area contributed by atoms with Gasteiger partial charge in [-0.25, -0.2) is 9.78 Å². The standard InChI is InChI=1S/C26H47N11O6/c1-16(38)32-11-5-3-9-20(25(42)43)36-23(40)19(8-2-4-10-27)35-24(41)21(13-17-14-31-15-34-17)37-22(39)18(28)7-6-12-33-26(29)30/h14-15,18-21H,2-13,27-28H2,1H3,(H,31,34)(H,32,38)(H,35,41)(H,36,40)(H,37,39)(H,42,43)(H4,29,30,33)/t18-,19-,20-,21-/m0/s1. The first-order valence-corrected chi connectivity index (χ1v) is 14.3. The quantitative estimate of drug-likeness (QED) is 0.0366. The summed E-state index contributed by atoms with van der Waals surface area (Å²) in [7, 11) is 0. The Morgan fingerprint density at radius 1 is 0.907 bits per heavy atom. The summed E-state index contributed by atoms with van der Waals surface area (Å²) in [6.45, 7) is 2.42. The largest absolute Gasteiger partial charge is 0.480 e. The number of carbonyl (C=O) groups excluding carboxylic acids is 4. The molecule has 17 nitrogen and oxygen atoms in total. The molecule has 1 aromatic heterocycles. The van der Waals surface area contributed by atoms with Crippen LogP contribution in [0.25, 0.3) is 0 Å². The number of amides is 4. The molecule has 0 aliphatic rings. The van der Waals surface area contributed by atoms with Gasteiger partial charge in [0.1, 0.15) is 18.1 Å². The van der Waals surface area contributed by atoms with Gasteiger partial charge < -0.3 is 54.3 Å². The SMILES string of the molecule is CC(=O)NCCCC[C@H](NC(=O)[C@H](CCCCN)NC(=O)[C@H](Cc1cnc[nH]1)NC(=O)[C@@H](N)CCCN=C(N)N)C(=O)O. The highest BCUT2D eigenvalue weighted by atomic mass is 16.4. The summed E-state index contributed by atoms with van der Waals surface area (Å²) in [5, 5.41) is 20.1. The molecule has 4 atom stereocenters. The summed E-state index contributed by atoms with van der Waals surface area (Å²) in [6, 6.07) is -4.35. The summed E-state index contributed by atoms with van der Waals surface area (Å²) < 4.78 is 0. The van der Waals surface area contributed by atoms with Crippen LogP contribution in [0.4, 0.5) is 0 Å². The maximum Gasteiger partial charge on any atom is 0.326 e. The third-order valence-electron chi connectivity index (χ3n) is 6.40. The number of aromatic nitrogens is 2. The predicted molar refractivity (Wildman–Crippen MR) is 159 cm³/mol. The van der Waals surface area contributed by atoms with Crippen LogP contribution in [-0.4, -0.2) is 94.4 Å². The number of nitrogens with one attached hydrogen (secondary N) is 5. The van der Waals surface area contributed by atoms with Crippen molar-refractivity contribution < 1.29 is 29.1 Å². The number of carboxylic acid groups (broad SMARTS) is 1. The Labute approximate surface area is 250 Å². The van der Waals surface area contributed by atoms with Gasteiger partial charge in [0.15, 0.2) is 5.96 Å². The molecule has 0 saturated heterocycles. The minimum Gasteiger partial charge on any atom is -0.480 e. The van der Waals surface area contributed by atoms with Crippen LogP contribution in [-0.2, 0) is 30.4 Å². The van der Waals surface area contributed by atoms with Crippen molar-refractivity contribution in [3.63, 3.8) is 0 Å². The molecule has 14 N–H and O–H groups in total. The number of nitrogens with two attached hydrogens (primary N) is 4. The fourth-order valence-corrected chi connectivity index (χ4v) is 4.06. The number of aromatic amines is 1. The molecular weight excluding hydrogens is 562 g/mol. The molecule has 43 heavy (non-hydrogen) atoms. The smallest absolute Gasteiger partial charge is 0.326 e. The highest BCUT2D eigenvalue weighted by molar-refractivity contribution is 5.94. The summed E-state index contributed by atoms with van der Waals surface area (Å²) >= 11 is 0. The van der Waals surface area contributed by atoms with Gasteiger partial charge in [-0.2, -0.15) is 0 Å². The average molecular weight is 610 g/mol. The zero-order chi connectivity index (χ0) is 32.2. The first-order chi connectivity index (χ1) is 20.4. The second-order valence-electron chi connectivity index (χ2n) is 10.1. The number of nitrogens with zero attached hydrogens (tertiary/aromatic N) is 2. The topological polar surface area (TPSA) is 299 Å². The number of guanidine groups is 1. The van der Waals surface area contributed by atoms with Crippen LogP contribution in [0.15, 0.2) is 17.5 Å². The van der Waals surface area contributed by atoms with Crippen molar-refractivity contribution >= 4 is 35.6 Å². The Balaban J connectivity index is 2.95. The van der Waals surface area contributed by atoms with Crippen molar-refractivity contribution in [3.8, 4) is 0 Å². The van der Waals surface area contributed by atoms with Gasteiger partial charge in [0, 0.05) is 38.3 Å². The highest BCUT2D eigenvalue weighted by Gasteiger charge is 2.30. The van der Waals surface area contributed by atoms with Gasteiger partial charge in [-0.05, 0) is 57.9 Å². The number of rotatable bonds is 22. The lowest BCUT2D eigenvalue weighted by Crippen LogP contribution is -2.57. The number of unbranched alkanes of at least 4 members (excludes halogenated alkanes) is 2. The molecule has 0 aliphatic heterocycles. The number of hydrogen-bond donors (Lipinski definition) is 10. The molecule has 1 rings (SSSR count). The third-order valence-corrected chi connectivity index (χ3v) is 6.40. The molecule has 0 spiro atoms.